The smallest absolute Gasteiger partial charge is 0.309 e. The Balaban J connectivity index is 2.59. The lowest BCUT2D eigenvalue weighted by Crippen LogP contribution is -2.01. The highest BCUT2D eigenvalue weighted by Gasteiger charge is 1.98. The number of carbonyl (C=O) groups excluding carboxylic acids is 1. The maximum absolute atomic E-state index is 11.0. The molecule has 0 aromatic carbocycles. The monoisotopic (exact) mass is 259 g/mol. The van der Waals surface area contributed by atoms with Crippen LogP contribution < -0.4 is 0 Å². The summed E-state index contributed by atoms with van der Waals surface area (Å²) < 4.78 is 4.77. The van der Waals surface area contributed by atoms with E-state index >= 15 is 0 Å². The van der Waals surface area contributed by atoms with Crippen LogP contribution in [0.1, 0.15) is 18.9 Å². The maximum Gasteiger partial charge on any atom is 0.309 e. The van der Waals surface area contributed by atoms with Gasteiger partial charge in [-0.25, -0.2) is 4.98 Å². The van der Waals surface area contributed by atoms with Gasteiger partial charge in [-0.05, 0) is 24.6 Å². The second-order valence-corrected chi connectivity index (χ2v) is 3.73. The minimum Gasteiger partial charge on any atom is -0.466 e. The predicted molar refractivity (Wildman–Crippen MR) is 64.5 cm³/mol. The van der Waals surface area contributed by atoms with E-state index in [4.69, 9.17) is 27.9 Å². The van der Waals surface area contributed by atoms with Crippen molar-refractivity contribution in [3.05, 3.63) is 34.1 Å². The van der Waals surface area contributed by atoms with E-state index in [0.29, 0.717) is 16.9 Å². The number of carbonyl (C=O) groups is 1. The Bertz CT molecular complexity index is 385. The molecule has 0 N–H and O–H groups in total. The van der Waals surface area contributed by atoms with Crippen molar-refractivity contribution < 1.29 is 9.53 Å². The van der Waals surface area contributed by atoms with E-state index in [1.165, 1.54) is 0 Å². The summed E-state index contributed by atoms with van der Waals surface area (Å²) in [6, 6.07) is 3.32. The molecule has 1 aromatic rings. The van der Waals surface area contributed by atoms with Gasteiger partial charge in [0.15, 0.2) is 0 Å². The highest BCUT2D eigenvalue weighted by atomic mass is 35.5. The molecule has 3 nitrogen and oxygen atoms in total. The molecule has 0 amide bonds. The third kappa shape index (κ3) is 4.64. The van der Waals surface area contributed by atoms with Crippen LogP contribution in [0.4, 0.5) is 0 Å². The molecule has 1 aromatic heterocycles. The molecule has 0 atom stereocenters. The fourth-order valence-corrected chi connectivity index (χ4v) is 1.57. The molecule has 1 rings (SSSR count). The van der Waals surface area contributed by atoms with Crippen LogP contribution in [0, 0.1) is 0 Å². The van der Waals surface area contributed by atoms with Gasteiger partial charge in [0.1, 0.15) is 10.3 Å². The van der Waals surface area contributed by atoms with Crippen molar-refractivity contribution in [3.8, 4) is 0 Å². The van der Waals surface area contributed by atoms with Crippen LogP contribution >= 0.6 is 23.2 Å². The summed E-state index contributed by atoms with van der Waals surface area (Å²) in [6.45, 7) is 2.16. The van der Waals surface area contributed by atoms with Crippen molar-refractivity contribution in [1.82, 2.24) is 4.98 Å². The second kappa shape index (κ2) is 6.51. The molecular weight excluding hydrogens is 249 g/mol. The van der Waals surface area contributed by atoms with Crippen molar-refractivity contribution in [2.45, 2.75) is 13.3 Å². The van der Waals surface area contributed by atoms with Crippen molar-refractivity contribution >= 4 is 35.2 Å². The number of ether oxygens (including phenoxy) is 1. The molecule has 16 heavy (non-hydrogen) atoms. The van der Waals surface area contributed by atoms with E-state index in [1.807, 2.05) is 0 Å². The molecule has 5 heteroatoms. The summed E-state index contributed by atoms with van der Waals surface area (Å²) in [6.07, 6.45) is 3.67. The predicted octanol–water partition coefficient (Wildman–Crippen LogP) is 3.35. The van der Waals surface area contributed by atoms with E-state index in [9.17, 15) is 4.79 Å². The van der Waals surface area contributed by atoms with Crippen molar-refractivity contribution in [2.75, 3.05) is 6.61 Å². The fraction of sp³-hybridized carbons (Fsp3) is 0.273. The third-order valence-electron chi connectivity index (χ3n) is 1.69. The van der Waals surface area contributed by atoms with Crippen LogP contribution in [0.5, 0.6) is 0 Å². The molecule has 0 aliphatic heterocycles. The van der Waals surface area contributed by atoms with Gasteiger partial charge in [0, 0.05) is 0 Å². The average molecular weight is 260 g/mol. The Morgan fingerprint density at radius 2 is 2.06 bits per heavy atom. The van der Waals surface area contributed by atoms with Gasteiger partial charge < -0.3 is 4.74 Å². The number of esters is 1. The number of rotatable bonds is 4. The van der Waals surface area contributed by atoms with Gasteiger partial charge in [0.05, 0.1) is 13.0 Å². The van der Waals surface area contributed by atoms with E-state index < -0.39 is 0 Å². The van der Waals surface area contributed by atoms with E-state index in [2.05, 4.69) is 4.98 Å². The normalized spacial score (nSPS) is 10.7. The van der Waals surface area contributed by atoms with Crippen LogP contribution in [-0.4, -0.2) is 17.6 Å². The minimum absolute atomic E-state index is 0.228. The number of hydrogen-bond donors (Lipinski definition) is 0. The third-order valence-corrected chi connectivity index (χ3v) is 2.07. The first kappa shape index (κ1) is 13.0. The van der Waals surface area contributed by atoms with Gasteiger partial charge in [-0.1, -0.05) is 35.4 Å². The van der Waals surface area contributed by atoms with Crippen LogP contribution in [0.3, 0.4) is 0 Å². The highest BCUT2D eigenvalue weighted by Crippen LogP contribution is 2.15. The minimum atomic E-state index is -0.259. The van der Waals surface area contributed by atoms with E-state index in [0.717, 1.165) is 5.56 Å². The molecule has 0 aliphatic carbocycles. The topological polar surface area (TPSA) is 39.2 Å². The lowest BCUT2D eigenvalue weighted by atomic mass is 10.2. The first-order chi connectivity index (χ1) is 7.61. The largest absolute Gasteiger partial charge is 0.466 e. The Labute approximate surface area is 104 Å². The molecule has 0 bridgehead atoms. The molecule has 0 saturated carbocycles. The summed E-state index contributed by atoms with van der Waals surface area (Å²) in [5.74, 6) is -0.259. The molecule has 86 valence electrons. The zero-order chi connectivity index (χ0) is 12.0. The SMILES string of the molecule is CCOC(=O)CC=Cc1cc(Cl)nc(Cl)c1. The number of pyridine rings is 1. The number of nitrogens with zero attached hydrogens (tertiary/aromatic N) is 1. The van der Waals surface area contributed by atoms with E-state index in [-0.39, 0.29) is 12.4 Å². The standard InChI is InChI=1S/C11H11Cl2NO2/c1-2-16-11(15)5-3-4-8-6-9(12)14-10(13)7-8/h3-4,6-7H,2,5H2,1H3. The van der Waals surface area contributed by atoms with Crippen molar-refractivity contribution in [3.63, 3.8) is 0 Å². The summed E-state index contributed by atoms with van der Waals surface area (Å²) in [5, 5.41) is 0.645. The zero-order valence-corrected chi connectivity index (χ0v) is 10.3. The molecule has 0 unspecified atom stereocenters. The molecule has 0 fully saturated rings. The van der Waals surface area contributed by atoms with E-state index in [1.54, 1.807) is 31.2 Å². The summed E-state index contributed by atoms with van der Waals surface area (Å²) in [4.78, 5) is 14.8. The summed E-state index contributed by atoms with van der Waals surface area (Å²) in [7, 11) is 0. The van der Waals surface area contributed by atoms with Crippen molar-refractivity contribution in [1.29, 1.82) is 0 Å². The van der Waals surface area contributed by atoms with Crippen LogP contribution in [0.2, 0.25) is 10.3 Å². The molecule has 0 radical (unpaired) electrons. The first-order valence-electron chi connectivity index (χ1n) is 4.77. The lowest BCUT2D eigenvalue weighted by Gasteiger charge is -1.98. The van der Waals surface area contributed by atoms with Crippen LogP contribution in [0.25, 0.3) is 6.08 Å². The Kier molecular flexibility index (Phi) is 5.29. The van der Waals surface area contributed by atoms with Gasteiger partial charge in [-0.2, -0.15) is 0 Å². The average Bonchev–Trinajstić information content (AvgIpc) is 2.16. The summed E-state index contributed by atoms with van der Waals surface area (Å²) >= 11 is 11.4. The Morgan fingerprint density at radius 3 is 2.62 bits per heavy atom. The molecule has 0 saturated heterocycles. The molecule has 0 aliphatic rings. The number of aromatic nitrogens is 1. The van der Waals surface area contributed by atoms with Crippen LogP contribution in [-0.2, 0) is 9.53 Å². The summed E-state index contributed by atoms with van der Waals surface area (Å²) in [5.41, 5.74) is 0.800. The number of hydrogen-bond acceptors (Lipinski definition) is 3. The van der Waals surface area contributed by atoms with Crippen molar-refractivity contribution in [2.24, 2.45) is 0 Å². The quantitative estimate of drug-likeness (QED) is 0.615. The lowest BCUT2D eigenvalue weighted by molar-refractivity contribution is -0.142. The highest BCUT2D eigenvalue weighted by molar-refractivity contribution is 6.32. The van der Waals surface area contributed by atoms with Gasteiger partial charge in [0.2, 0.25) is 0 Å². The van der Waals surface area contributed by atoms with Crippen LogP contribution in [0.15, 0.2) is 18.2 Å². The molecule has 0 spiro atoms. The molecule has 1 heterocycles. The van der Waals surface area contributed by atoms with Gasteiger partial charge in [0.25, 0.3) is 0 Å². The number of halogens is 2. The Morgan fingerprint density at radius 1 is 1.44 bits per heavy atom. The maximum atomic E-state index is 11.0. The zero-order valence-electron chi connectivity index (χ0n) is 8.74. The van der Waals surface area contributed by atoms with Gasteiger partial charge in [-0.15, -0.1) is 0 Å². The Hall–Kier alpha value is -1.06. The van der Waals surface area contributed by atoms with Gasteiger partial charge in [-0.3, -0.25) is 4.79 Å². The fourth-order valence-electron chi connectivity index (χ4n) is 1.09. The first-order valence-corrected chi connectivity index (χ1v) is 5.52. The molecular formula is C11H11Cl2NO2. The van der Waals surface area contributed by atoms with Gasteiger partial charge >= 0.3 is 5.97 Å². The second-order valence-electron chi connectivity index (χ2n) is 2.96.